The molecule has 0 aliphatic heterocycles. The second-order valence-electron chi connectivity index (χ2n) is 4.42. The standard InChI is InChI=1S/C12H18N2O3/c1-8(2)11(15)7-13-10-6-4-5-9(3)12(10)14(16)17/h4-6,8,11,13,15H,7H2,1-3H3. The summed E-state index contributed by atoms with van der Waals surface area (Å²) in [6.07, 6.45) is -0.518. The minimum atomic E-state index is -0.518. The van der Waals surface area contributed by atoms with E-state index < -0.39 is 11.0 Å². The van der Waals surface area contributed by atoms with E-state index in [2.05, 4.69) is 5.32 Å². The molecule has 0 saturated heterocycles. The number of nitro groups is 1. The summed E-state index contributed by atoms with van der Waals surface area (Å²) >= 11 is 0. The Morgan fingerprint density at radius 1 is 1.47 bits per heavy atom. The Labute approximate surface area is 101 Å². The third-order valence-corrected chi connectivity index (χ3v) is 2.69. The van der Waals surface area contributed by atoms with Crippen molar-refractivity contribution in [2.24, 2.45) is 5.92 Å². The molecule has 1 rings (SSSR count). The van der Waals surface area contributed by atoms with E-state index in [9.17, 15) is 15.2 Å². The number of rotatable bonds is 5. The van der Waals surface area contributed by atoms with Crippen LogP contribution in [-0.2, 0) is 0 Å². The number of aliphatic hydroxyl groups is 1. The highest BCUT2D eigenvalue weighted by molar-refractivity contribution is 5.65. The van der Waals surface area contributed by atoms with Crippen molar-refractivity contribution in [2.75, 3.05) is 11.9 Å². The Morgan fingerprint density at radius 2 is 2.12 bits per heavy atom. The zero-order valence-corrected chi connectivity index (χ0v) is 10.3. The number of hydrogen-bond acceptors (Lipinski definition) is 4. The lowest BCUT2D eigenvalue weighted by molar-refractivity contribution is -0.384. The van der Waals surface area contributed by atoms with Gasteiger partial charge in [0.2, 0.25) is 0 Å². The normalized spacial score (nSPS) is 12.5. The molecule has 0 aliphatic carbocycles. The van der Waals surface area contributed by atoms with Crippen LogP contribution in [0.1, 0.15) is 19.4 Å². The van der Waals surface area contributed by atoms with Crippen LogP contribution < -0.4 is 5.32 Å². The van der Waals surface area contributed by atoms with Crippen molar-refractivity contribution >= 4 is 11.4 Å². The van der Waals surface area contributed by atoms with E-state index >= 15 is 0 Å². The Bertz CT molecular complexity index is 405. The summed E-state index contributed by atoms with van der Waals surface area (Å²) in [5.41, 5.74) is 1.14. The van der Waals surface area contributed by atoms with Gasteiger partial charge in [0.05, 0.1) is 11.0 Å². The molecule has 5 nitrogen and oxygen atoms in total. The van der Waals surface area contributed by atoms with E-state index in [-0.39, 0.29) is 11.6 Å². The molecule has 0 fully saturated rings. The molecule has 0 aliphatic rings. The third-order valence-electron chi connectivity index (χ3n) is 2.69. The molecule has 0 spiro atoms. The largest absolute Gasteiger partial charge is 0.391 e. The van der Waals surface area contributed by atoms with Crippen LogP contribution >= 0.6 is 0 Å². The van der Waals surface area contributed by atoms with E-state index in [1.54, 1.807) is 25.1 Å². The fourth-order valence-electron chi connectivity index (χ4n) is 1.49. The van der Waals surface area contributed by atoms with Crippen LogP contribution in [0.3, 0.4) is 0 Å². The van der Waals surface area contributed by atoms with Gasteiger partial charge in [-0.1, -0.05) is 26.0 Å². The van der Waals surface area contributed by atoms with Gasteiger partial charge in [-0.3, -0.25) is 10.1 Å². The fourth-order valence-corrected chi connectivity index (χ4v) is 1.49. The van der Waals surface area contributed by atoms with Gasteiger partial charge < -0.3 is 10.4 Å². The molecule has 0 heterocycles. The van der Waals surface area contributed by atoms with Crippen LogP contribution in [0.4, 0.5) is 11.4 Å². The number of nitro benzene ring substituents is 1. The van der Waals surface area contributed by atoms with Gasteiger partial charge in [-0.15, -0.1) is 0 Å². The predicted molar refractivity (Wildman–Crippen MR) is 67.2 cm³/mol. The summed E-state index contributed by atoms with van der Waals surface area (Å²) in [5.74, 6) is 0.117. The van der Waals surface area contributed by atoms with Gasteiger partial charge in [-0.05, 0) is 18.9 Å². The SMILES string of the molecule is Cc1cccc(NCC(O)C(C)C)c1[N+](=O)[O-]. The molecule has 0 amide bonds. The maximum absolute atomic E-state index is 10.9. The number of aryl methyl sites for hydroxylation is 1. The van der Waals surface area contributed by atoms with Crippen molar-refractivity contribution in [3.05, 3.63) is 33.9 Å². The van der Waals surface area contributed by atoms with Gasteiger partial charge in [0.1, 0.15) is 5.69 Å². The average molecular weight is 238 g/mol. The molecular weight excluding hydrogens is 220 g/mol. The molecule has 94 valence electrons. The quantitative estimate of drug-likeness (QED) is 0.609. The van der Waals surface area contributed by atoms with Crippen LogP contribution in [0.15, 0.2) is 18.2 Å². The van der Waals surface area contributed by atoms with Crippen molar-refractivity contribution in [1.29, 1.82) is 0 Å². The average Bonchev–Trinajstić information content (AvgIpc) is 2.24. The van der Waals surface area contributed by atoms with E-state index in [0.717, 1.165) is 0 Å². The number of hydrogen-bond donors (Lipinski definition) is 2. The second-order valence-corrected chi connectivity index (χ2v) is 4.42. The smallest absolute Gasteiger partial charge is 0.295 e. The highest BCUT2D eigenvalue weighted by Gasteiger charge is 2.17. The van der Waals surface area contributed by atoms with E-state index in [4.69, 9.17) is 0 Å². The molecule has 0 bridgehead atoms. The van der Waals surface area contributed by atoms with E-state index in [1.807, 2.05) is 13.8 Å². The highest BCUT2D eigenvalue weighted by Crippen LogP contribution is 2.27. The third kappa shape index (κ3) is 3.42. The molecule has 2 N–H and O–H groups in total. The molecular formula is C12H18N2O3. The number of anilines is 1. The van der Waals surface area contributed by atoms with Gasteiger partial charge in [-0.2, -0.15) is 0 Å². The Morgan fingerprint density at radius 3 is 2.65 bits per heavy atom. The van der Waals surface area contributed by atoms with Gasteiger partial charge in [0, 0.05) is 12.1 Å². The van der Waals surface area contributed by atoms with Crippen molar-refractivity contribution in [2.45, 2.75) is 26.9 Å². The maximum Gasteiger partial charge on any atom is 0.295 e. The second kappa shape index (κ2) is 5.63. The summed E-state index contributed by atoms with van der Waals surface area (Å²) < 4.78 is 0. The topological polar surface area (TPSA) is 75.4 Å². The van der Waals surface area contributed by atoms with Crippen molar-refractivity contribution < 1.29 is 10.0 Å². The summed E-state index contributed by atoms with van der Waals surface area (Å²) in [4.78, 5) is 10.5. The summed E-state index contributed by atoms with van der Waals surface area (Å²) in [6.45, 7) is 5.80. The Kier molecular flexibility index (Phi) is 4.45. The summed E-state index contributed by atoms with van der Waals surface area (Å²) in [7, 11) is 0. The number of nitrogens with zero attached hydrogens (tertiary/aromatic N) is 1. The molecule has 0 radical (unpaired) electrons. The lowest BCUT2D eigenvalue weighted by atomic mass is 10.1. The number of benzene rings is 1. The fraction of sp³-hybridized carbons (Fsp3) is 0.500. The van der Waals surface area contributed by atoms with Gasteiger partial charge in [0.25, 0.3) is 5.69 Å². The maximum atomic E-state index is 10.9. The Hall–Kier alpha value is -1.62. The van der Waals surface area contributed by atoms with Crippen LogP contribution in [0.5, 0.6) is 0 Å². The minimum absolute atomic E-state index is 0.0726. The van der Waals surface area contributed by atoms with Gasteiger partial charge >= 0.3 is 0 Å². The molecule has 17 heavy (non-hydrogen) atoms. The first kappa shape index (κ1) is 13.4. The molecule has 0 aromatic heterocycles. The zero-order valence-electron chi connectivity index (χ0n) is 10.3. The Balaban J connectivity index is 2.84. The molecule has 1 aromatic carbocycles. The minimum Gasteiger partial charge on any atom is -0.391 e. The van der Waals surface area contributed by atoms with Crippen LogP contribution in [0.25, 0.3) is 0 Å². The van der Waals surface area contributed by atoms with Gasteiger partial charge in [-0.25, -0.2) is 0 Å². The molecule has 0 saturated carbocycles. The predicted octanol–water partition coefficient (Wildman–Crippen LogP) is 2.33. The molecule has 1 unspecified atom stereocenters. The lowest BCUT2D eigenvalue weighted by Crippen LogP contribution is -2.25. The summed E-state index contributed by atoms with van der Waals surface area (Å²) in [5, 5.41) is 23.5. The van der Waals surface area contributed by atoms with Crippen LogP contribution in [0.2, 0.25) is 0 Å². The van der Waals surface area contributed by atoms with Crippen molar-refractivity contribution in [3.63, 3.8) is 0 Å². The number of aliphatic hydroxyl groups excluding tert-OH is 1. The van der Waals surface area contributed by atoms with Crippen molar-refractivity contribution in [1.82, 2.24) is 0 Å². The van der Waals surface area contributed by atoms with E-state index in [0.29, 0.717) is 17.8 Å². The first-order valence-corrected chi connectivity index (χ1v) is 5.59. The monoisotopic (exact) mass is 238 g/mol. The number of nitrogens with one attached hydrogen (secondary N) is 1. The first-order valence-electron chi connectivity index (χ1n) is 5.59. The molecule has 1 atom stereocenters. The van der Waals surface area contributed by atoms with Gasteiger partial charge in [0.15, 0.2) is 0 Å². The highest BCUT2D eigenvalue weighted by atomic mass is 16.6. The number of para-hydroxylation sites is 1. The van der Waals surface area contributed by atoms with Crippen LogP contribution in [-0.4, -0.2) is 22.7 Å². The first-order chi connectivity index (χ1) is 7.93. The molecule has 5 heteroatoms. The summed E-state index contributed by atoms with van der Waals surface area (Å²) in [6, 6.07) is 5.10. The molecule has 1 aromatic rings. The lowest BCUT2D eigenvalue weighted by Gasteiger charge is -2.16. The van der Waals surface area contributed by atoms with Crippen LogP contribution in [0, 0.1) is 23.0 Å². The zero-order chi connectivity index (χ0) is 13.0. The van der Waals surface area contributed by atoms with Crippen molar-refractivity contribution in [3.8, 4) is 0 Å². The van der Waals surface area contributed by atoms with E-state index in [1.165, 1.54) is 0 Å².